The predicted molar refractivity (Wildman–Crippen MR) is 84.7 cm³/mol. The van der Waals surface area contributed by atoms with Crippen LogP contribution in [0.5, 0.6) is 0 Å². The first-order valence-corrected chi connectivity index (χ1v) is 8.68. The highest BCUT2D eigenvalue weighted by molar-refractivity contribution is 7.96. The van der Waals surface area contributed by atoms with Gasteiger partial charge in [0.15, 0.2) is 0 Å². The van der Waals surface area contributed by atoms with Crippen LogP contribution in [0.25, 0.3) is 0 Å². The lowest BCUT2D eigenvalue weighted by Crippen LogP contribution is -2.50. The van der Waals surface area contributed by atoms with Crippen LogP contribution in [0.3, 0.4) is 0 Å². The van der Waals surface area contributed by atoms with Crippen molar-refractivity contribution in [2.45, 2.75) is 85.2 Å². The number of rotatable bonds is 0. The van der Waals surface area contributed by atoms with Gasteiger partial charge in [-0.1, -0.05) is 69.2 Å². The lowest BCUT2D eigenvalue weighted by molar-refractivity contribution is 0.116. The molecule has 1 aliphatic carbocycles. The third-order valence-electron chi connectivity index (χ3n) is 5.91. The van der Waals surface area contributed by atoms with E-state index in [1.54, 1.807) is 0 Å². The van der Waals surface area contributed by atoms with Gasteiger partial charge in [-0.3, -0.25) is 4.21 Å². The molecule has 3 atom stereocenters. The summed E-state index contributed by atoms with van der Waals surface area (Å²) in [6.45, 7) is 23.1. The zero-order valence-electron chi connectivity index (χ0n) is 14.5. The lowest BCUT2D eigenvalue weighted by Gasteiger charge is -2.43. The van der Waals surface area contributed by atoms with Crippen molar-refractivity contribution in [3.63, 3.8) is 0 Å². The average molecular weight is 285 g/mol. The van der Waals surface area contributed by atoms with Crippen molar-refractivity contribution in [2.24, 2.45) is 21.7 Å². The molecule has 0 aromatic heterocycles. The predicted octanol–water partition coefficient (Wildman–Crippen LogP) is 4.77. The molecular weight excluding hydrogens is 252 g/mol. The third-order valence-corrected chi connectivity index (χ3v) is 9.76. The normalized spacial score (nSPS) is 44.0. The Labute approximate surface area is 122 Å². The Morgan fingerprint density at radius 3 is 1.16 bits per heavy atom. The van der Waals surface area contributed by atoms with E-state index in [0.717, 1.165) is 0 Å². The maximum Gasteiger partial charge on any atom is 0.0746 e. The fraction of sp³-hybridized carbons (Fsp3) is 1.00. The van der Waals surface area contributed by atoms with E-state index >= 15 is 0 Å². The van der Waals surface area contributed by atoms with Crippen LogP contribution in [0.1, 0.15) is 75.7 Å². The molecule has 2 fully saturated rings. The van der Waals surface area contributed by atoms with Crippen molar-refractivity contribution in [1.29, 1.82) is 0 Å². The van der Waals surface area contributed by atoms with Crippen LogP contribution in [-0.2, 0) is 10.8 Å². The van der Waals surface area contributed by atoms with Crippen LogP contribution < -0.4 is 0 Å². The number of hydrogen-bond acceptors (Lipinski definition) is 1. The molecule has 112 valence electrons. The fourth-order valence-electron chi connectivity index (χ4n) is 6.76. The van der Waals surface area contributed by atoms with Gasteiger partial charge in [-0.2, -0.15) is 0 Å². The molecule has 0 N–H and O–H groups in total. The summed E-state index contributed by atoms with van der Waals surface area (Å²) < 4.78 is 13.3. The second kappa shape index (κ2) is 3.31. The summed E-state index contributed by atoms with van der Waals surface area (Å²) in [5.41, 5.74) is 0.407. The van der Waals surface area contributed by atoms with E-state index in [9.17, 15) is 4.21 Å². The van der Waals surface area contributed by atoms with Crippen LogP contribution in [-0.4, -0.2) is 13.7 Å². The van der Waals surface area contributed by atoms with Crippen LogP contribution in [0.4, 0.5) is 0 Å². The SMILES string of the molecule is CC(C)(C)[C@]12S(=O)[C@@]1(C(C)(C)C)C(C)(C)CC2(C)C. The fourth-order valence-corrected chi connectivity index (χ4v) is 10.9. The summed E-state index contributed by atoms with van der Waals surface area (Å²) in [6, 6.07) is 0. The summed E-state index contributed by atoms with van der Waals surface area (Å²) in [7, 11) is -0.752. The summed E-state index contributed by atoms with van der Waals surface area (Å²) in [5, 5.41) is 0. The standard InChI is InChI=1S/C17H32OS/c1-12(2,3)16-14(7,8)11-15(9,10)17(16,19(16)18)13(4,5)6/h11H2,1-10H3/t16-,17+,19?. The van der Waals surface area contributed by atoms with E-state index in [0.29, 0.717) is 0 Å². The highest BCUT2D eigenvalue weighted by Crippen LogP contribution is 2.86. The second-order valence-electron chi connectivity index (χ2n) is 10.1. The molecule has 1 unspecified atom stereocenters. The molecule has 19 heavy (non-hydrogen) atoms. The van der Waals surface area contributed by atoms with Crippen molar-refractivity contribution in [1.82, 2.24) is 0 Å². The van der Waals surface area contributed by atoms with Crippen LogP contribution in [0.2, 0.25) is 0 Å². The number of hydrogen-bond donors (Lipinski definition) is 0. The molecule has 0 aromatic rings. The topological polar surface area (TPSA) is 17.1 Å². The van der Waals surface area contributed by atoms with Gasteiger partial charge in [0, 0.05) is 10.8 Å². The van der Waals surface area contributed by atoms with Gasteiger partial charge in [0.2, 0.25) is 0 Å². The molecule has 1 saturated carbocycles. The summed E-state index contributed by atoms with van der Waals surface area (Å²) in [6.07, 6.45) is 1.17. The van der Waals surface area contributed by atoms with Crippen LogP contribution in [0.15, 0.2) is 0 Å². The monoisotopic (exact) mass is 284 g/mol. The quantitative estimate of drug-likeness (QED) is 0.585. The number of fused-ring (bicyclic) bond motifs is 1. The molecule has 2 heteroatoms. The smallest absolute Gasteiger partial charge is 0.0746 e. The van der Waals surface area contributed by atoms with Crippen molar-refractivity contribution in [2.75, 3.05) is 0 Å². The van der Waals surface area contributed by atoms with Gasteiger partial charge in [0.1, 0.15) is 0 Å². The maximum atomic E-state index is 13.4. The molecule has 1 heterocycles. The van der Waals surface area contributed by atoms with E-state index in [2.05, 4.69) is 69.2 Å². The minimum Gasteiger partial charge on any atom is -0.258 e. The maximum absolute atomic E-state index is 13.4. The van der Waals surface area contributed by atoms with E-state index in [1.165, 1.54) is 6.42 Å². The molecule has 0 spiro atoms. The van der Waals surface area contributed by atoms with Gasteiger partial charge in [-0.15, -0.1) is 0 Å². The van der Waals surface area contributed by atoms with Crippen LogP contribution >= 0.6 is 0 Å². The summed E-state index contributed by atoms with van der Waals surface area (Å²) in [5.74, 6) is 0. The minimum atomic E-state index is -0.752. The van der Waals surface area contributed by atoms with Gasteiger partial charge in [0.05, 0.1) is 9.49 Å². The Morgan fingerprint density at radius 1 is 0.737 bits per heavy atom. The van der Waals surface area contributed by atoms with Gasteiger partial charge in [-0.25, -0.2) is 0 Å². The molecule has 0 amide bonds. The highest BCUT2D eigenvalue weighted by atomic mass is 32.2. The zero-order valence-corrected chi connectivity index (χ0v) is 15.3. The Kier molecular flexibility index (Phi) is 2.71. The molecular formula is C17H32OS. The van der Waals surface area contributed by atoms with Gasteiger partial charge in [-0.05, 0) is 28.1 Å². The Hall–Kier alpha value is 0.150. The Balaban J connectivity index is 2.82. The Morgan fingerprint density at radius 2 is 1.00 bits per heavy atom. The zero-order chi connectivity index (χ0) is 15.3. The minimum absolute atomic E-state index is 0.0608. The second-order valence-corrected chi connectivity index (χ2v) is 11.8. The molecule has 1 aliphatic heterocycles. The van der Waals surface area contributed by atoms with E-state index < -0.39 is 10.8 Å². The van der Waals surface area contributed by atoms with E-state index in [-0.39, 0.29) is 31.2 Å². The molecule has 1 nitrogen and oxygen atoms in total. The van der Waals surface area contributed by atoms with E-state index in [4.69, 9.17) is 0 Å². The first kappa shape index (κ1) is 15.5. The molecule has 2 rings (SSSR count). The van der Waals surface area contributed by atoms with E-state index in [1.807, 2.05) is 0 Å². The van der Waals surface area contributed by atoms with Crippen LogP contribution in [0, 0.1) is 21.7 Å². The molecule has 0 bridgehead atoms. The lowest BCUT2D eigenvalue weighted by atomic mass is 9.57. The summed E-state index contributed by atoms with van der Waals surface area (Å²) in [4.78, 5) is 0. The highest BCUT2D eigenvalue weighted by Gasteiger charge is 2.95. The summed E-state index contributed by atoms with van der Waals surface area (Å²) >= 11 is 0. The molecule has 0 radical (unpaired) electrons. The Bertz CT molecular complexity index is 407. The van der Waals surface area contributed by atoms with Crippen molar-refractivity contribution >= 4 is 10.8 Å². The van der Waals surface area contributed by atoms with Gasteiger partial charge in [0.25, 0.3) is 0 Å². The molecule has 2 aliphatic rings. The largest absolute Gasteiger partial charge is 0.258 e. The first-order valence-electron chi connectivity index (χ1n) is 7.53. The molecule has 0 aromatic carbocycles. The molecule has 1 saturated heterocycles. The van der Waals surface area contributed by atoms with Gasteiger partial charge < -0.3 is 0 Å². The van der Waals surface area contributed by atoms with Gasteiger partial charge >= 0.3 is 0 Å². The van der Waals surface area contributed by atoms with Crippen molar-refractivity contribution in [3.05, 3.63) is 0 Å². The first-order chi connectivity index (χ1) is 8.11. The third kappa shape index (κ3) is 1.27. The van der Waals surface area contributed by atoms with Crippen molar-refractivity contribution in [3.8, 4) is 0 Å². The van der Waals surface area contributed by atoms with Crippen molar-refractivity contribution < 1.29 is 4.21 Å². The average Bonchev–Trinajstić information content (AvgIpc) is 2.58.